The van der Waals surface area contributed by atoms with Crippen molar-refractivity contribution in [2.24, 2.45) is 5.92 Å². The van der Waals surface area contributed by atoms with Gasteiger partial charge in [-0.2, -0.15) is 0 Å². The second kappa shape index (κ2) is 12.2. The lowest BCUT2D eigenvalue weighted by Gasteiger charge is -2.26. The van der Waals surface area contributed by atoms with Crippen molar-refractivity contribution in [1.29, 1.82) is 0 Å². The molecule has 29 heavy (non-hydrogen) atoms. The SMILES string of the molecule is CN1CCCCCCCCC(CC(=O)NO)C(=O)NC(Cc2ccccn2)C1=O. The van der Waals surface area contributed by atoms with Crippen LogP contribution in [0.5, 0.6) is 0 Å². The molecule has 0 radical (unpaired) electrons. The number of hydrogen-bond acceptors (Lipinski definition) is 5. The summed E-state index contributed by atoms with van der Waals surface area (Å²) in [4.78, 5) is 43.5. The predicted octanol–water partition coefficient (Wildman–Crippen LogP) is 1.82. The fourth-order valence-corrected chi connectivity index (χ4v) is 3.64. The fourth-order valence-electron chi connectivity index (χ4n) is 3.64. The second-order valence-electron chi connectivity index (χ2n) is 7.69. The average molecular weight is 405 g/mol. The molecule has 0 bridgehead atoms. The summed E-state index contributed by atoms with van der Waals surface area (Å²) < 4.78 is 0. The molecule has 0 aromatic carbocycles. The Bertz CT molecular complexity index is 668. The maximum absolute atomic E-state index is 13.0. The standard InChI is InChI=1S/C21H32N4O4/c1-25-13-9-5-3-2-4-6-10-16(14-19(26)24-29)20(27)23-18(21(25)28)15-17-11-7-8-12-22-17/h7-8,11-12,16,18,29H,2-6,9-10,13-15H2,1H3,(H,23,27)(H,24,26). The molecule has 1 aliphatic rings. The van der Waals surface area contributed by atoms with Gasteiger partial charge in [-0.3, -0.25) is 24.6 Å². The quantitative estimate of drug-likeness (QED) is 0.524. The van der Waals surface area contributed by atoms with Crippen LogP contribution in [0.2, 0.25) is 0 Å². The normalized spacial score (nSPS) is 22.5. The van der Waals surface area contributed by atoms with Crippen LogP contribution in [0.1, 0.15) is 57.1 Å². The Morgan fingerprint density at radius 3 is 2.62 bits per heavy atom. The number of likely N-dealkylation sites (N-methyl/N-ethyl adjacent to an activating group) is 1. The van der Waals surface area contributed by atoms with E-state index in [4.69, 9.17) is 5.21 Å². The van der Waals surface area contributed by atoms with E-state index in [1.807, 2.05) is 12.1 Å². The summed E-state index contributed by atoms with van der Waals surface area (Å²) in [5.41, 5.74) is 2.31. The van der Waals surface area contributed by atoms with Crippen LogP contribution < -0.4 is 10.8 Å². The van der Waals surface area contributed by atoms with Crippen LogP contribution >= 0.6 is 0 Å². The molecule has 1 saturated heterocycles. The van der Waals surface area contributed by atoms with E-state index in [2.05, 4.69) is 10.3 Å². The monoisotopic (exact) mass is 404 g/mol. The Hall–Kier alpha value is -2.48. The van der Waals surface area contributed by atoms with E-state index in [-0.39, 0.29) is 24.7 Å². The topological polar surface area (TPSA) is 112 Å². The number of aromatic nitrogens is 1. The van der Waals surface area contributed by atoms with Gasteiger partial charge in [0.25, 0.3) is 0 Å². The fraction of sp³-hybridized carbons (Fsp3) is 0.619. The third kappa shape index (κ3) is 7.81. The van der Waals surface area contributed by atoms with Crippen molar-refractivity contribution in [1.82, 2.24) is 20.7 Å². The van der Waals surface area contributed by atoms with Crippen molar-refractivity contribution < 1.29 is 19.6 Å². The molecule has 8 nitrogen and oxygen atoms in total. The van der Waals surface area contributed by atoms with E-state index in [0.29, 0.717) is 18.7 Å². The number of nitrogens with zero attached hydrogens (tertiary/aromatic N) is 2. The first-order chi connectivity index (χ1) is 14.0. The van der Waals surface area contributed by atoms with Crippen molar-refractivity contribution in [2.75, 3.05) is 13.6 Å². The number of hydroxylamine groups is 1. The molecule has 2 heterocycles. The van der Waals surface area contributed by atoms with Crippen molar-refractivity contribution in [3.63, 3.8) is 0 Å². The molecule has 3 N–H and O–H groups in total. The Kier molecular flexibility index (Phi) is 9.56. The van der Waals surface area contributed by atoms with Crippen LogP contribution in [0, 0.1) is 5.92 Å². The lowest BCUT2D eigenvalue weighted by molar-refractivity contribution is -0.138. The maximum Gasteiger partial charge on any atom is 0.245 e. The second-order valence-corrected chi connectivity index (χ2v) is 7.69. The molecule has 8 heteroatoms. The Morgan fingerprint density at radius 2 is 1.93 bits per heavy atom. The van der Waals surface area contributed by atoms with Crippen LogP contribution in [0.15, 0.2) is 24.4 Å². The summed E-state index contributed by atoms with van der Waals surface area (Å²) in [6.45, 7) is 0.643. The molecule has 1 aliphatic heterocycles. The molecule has 0 spiro atoms. The molecule has 1 fully saturated rings. The molecule has 1 aromatic heterocycles. The molecule has 2 unspecified atom stereocenters. The summed E-state index contributed by atoms with van der Waals surface area (Å²) in [6, 6.07) is 4.72. The predicted molar refractivity (Wildman–Crippen MR) is 108 cm³/mol. The van der Waals surface area contributed by atoms with E-state index in [1.54, 1.807) is 29.7 Å². The number of rotatable bonds is 4. The van der Waals surface area contributed by atoms with Gasteiger partial charge in [0.2, 0.25) is 17.7 Å². The molecule has 3 amide bonds. The van der Waals surface area contributed by atoms with Crippen LogP contribution in [-0.2, 0) is 20.8 Å². The Balaban J connectivity index is 2.19. The zero-order valence-electron chi connectivity index (χ0n) is 17.1. The van der Waals surface area contributed by atoms with Gasteiger partial charge in [0.05, 0.1) is 0 Å². The molecule has 160 valence electrons. The lowest BCUT2D eigenvalue weighted by Crippen LogP contribution is -2.50. The van der Waals surface area contributed by atoms with Gasteiger partial charge in [0.1, 0.15) is 6.04 Å². The number of carbonyl (C=O) groups is 3. The van der Waals surface area contributed by atoms with Gasteiger partial charge in [-0.05, 0) is 25.0 Å². The van der Waals surface area contributed by atoms with Gasteiger partial charge in [-0.1, -0.05) is 38.2 Å². The highest BCUT2D eigenvalue weighted by Gasteiger charge is 2.29. The number of carbonyl (C=O) groups excluding carboxylic acids is 3. The zero-order chi connectivity index (χ0) is 21.1. The largest absolute Gasteiger partial charge is 0.344 e. The summed E-state index contributed by atoms with van der Waals surface area (Å²) in [7, 11) is 1.75. The minimum atomic E-state index is -0.745. The zero-order valence-corrected chi connectivity index (χ0v) is 17.1. The van der Waals surface area contributed by atoms with Crippen LogP contribution in [0.25, 0.3) is 0 Å². The van der Waals surface area contributed by atoms with Gasteiger partial charge in [0.15, 0.2) is 0 Å². The smallest absolute Gasteiger partial charge is 0.245 e. The highest BCUT2D eigenvalue weighted by Crippen LogP contribution is 2.17. The maximum atomic E-state index is 13.0. The summed E-state index contributed by atoms with van der Waals surface area (Å²) >= 11 is 0. The van der Waals surface area contributed by atoms with Gasteiger partial charge in [-0.25, -0.2) is 5.48 Å². The first kappa shape index (κ1) is 22.8. The molecule has 1 aromatic rings. The summed E-state index contributed by atoms with van der Waals surface area (Å²) in [5, 5.41) is 11.7. The van der Waals surface area contributed by atoms with Crippen molar-refractivity contribution in [3.05, 3.63) is 30.1 Å². The molecular weight excluding hydrogens is 372 g/mol. The van der Waals surface area contributed by atoms with E-state index in [0.717, 1.165) is 38.5 Å². The van der Waals surface area contributed by atoms with Crippen molar-refractivity contribution in [3.8, 4) is 0 Å². The average Bonchev–Trinajstić information content (AvgIpc) is 2.73. The molecule has 0 saturated carbocycles. The minimum absolute atomic E-state index is 0.108. The first-order valence-corrected chi connectivity index (χ1v) is 10.4. The Labute approximate surface area is 172 Å². The number of hydrogen-bond donors (Lipinski definition) is 3. The van der Waals surface area contributed by atoms with Gasteiger partial charge in [-0.15, -0.1) is 0 Å². The van der Waals surface area contributed by atoms with Gasteiger partial charge >= 0.3 is 0 Å². The molecule has 0 aliphatic carbocycles. The molecule has 2 rings (SSSR count). The highest BCUT2D eigenvalue weighted by molar-refractivity contribution is 5.90. The van der Waals surface area contributed by atoms with Crippen molar-refractivity contribution >= 4 is 17.7 Å². The van der Waals surface area contributed by atoms with Gasteiger partial charge < -0.3 is 10.2 Å². The number of pyridine rings is 1. The van der Waals surface area contributed by atoms with E-state index in [9.17, 15) is 14.4 Å². The Morgan fingerprint density at radius 1 is 1.21 bits per heavy atom. The first-order valence-electron chi connectivity index (χ1n) is 10.4. The number of amides is 3. The summed E-state index contributed by atoms with van der Waals surface area (Å²) in [5.74, 6) is -1.69. The van der Waals surface area contributed by atoms with Crippen LogP contribution in [-0.4, -0.2) is 52.4 Å². The van der Waals surface area contributed by atoms with Gasteiger partial charge in [0, 0.05) is 44.2 Å². The van der Waals surface area contributed by atoms with Crippen LogP contribution in [0.4, 0.5) is 0 Å². The molecule has 2 atom stereocenters. The van der Waals surface area contributed by atoms with E-state index < -0.39 is 17.9 Å². The minimum Gasteiger partial charge on any atom is -0.344 e. The van der Waals surface area contributed by atoms with E-state index >= 15 is 0 Å². The number of nitrogens with one attached hydrogen (secondary N) is 2. The summed E-state index contributed by atoms with van der Waals surface area (Å²) in [6.07, 6.45) is 8.36. The molecular formula is C21H32N4O4. The van der Waals surface area contributed by atoms with E-state index in [1.165, 1.54) is 0 Å². The third-order valence-electron chi connectivity index (χ3n) is 5.35. The third-order valence-corrected chi connectivity index (χ3v) is 5.35. The highest BCUT2D eigenvalue weighted by atomic mass is 16.5. The van der Waals surface area contributed by atoms with Crippen molar-refractivity contribution in [2.45, 2.75) is 63.8 Å². The lowest BCUT2D eigenvalue weighted by atomic mass is 9.94. The van der Waals surface area contributed by atoms with Crippen LogP contribution in [0.3, 0.4) is 0 Å².